The molecule has 0 fully saturated rings. The van der Waals surface area contributed by atoms with Crippen LogP contribution in [0, 0.1) is 0 Å². The van der Waals surface area contributed by atoms with E-state index in [9.17, 15) is 0 Å². The minimum atomic E-state index is 0.705. The van der Waals surface area contributed by atoms with Crippen molar-refractivity contribution >= 4 is 23.1 Å². The van der Waals surface area contributed by atoms with E-state index in [4.69, 9.17) is 5.73 Å². The summed E-state index contributed by atoms with van der Waals surface area (Å²) in [6.07, 6.45) is 3.98. The molecule has 2 N–H and O–H groups in total. The quantitative estimate of drug-likeness (QED) is 0.845. The molecular formula is C12H15N3S2. The fourth-order valence-electron chi connectivity index (χ4n) is 1.54. The Morgan fingerprint density at radius 3 is 2.88 bits per heavy atom. The van der Waals surface area contributed by atoms with Crippen molar-refractivity contribution in [2.45, 2.75) is 17.7 Å². The van der Waals surface area contributed by atoms with Crippen LogP contribution in [-0.4, -0.2) is 23.0 Å². The monoisotopic (exact) mass is 265 g/mol. The molecular weight excluding hydrogens is 250 g/mol. The van der Waals surface area contributed by atoms with Gasteiger partial charge in [0.1, 0.15) is 10.0 Å². The molecule has 0 radical (unpaired) electrons. The zero-order valence-corrected chi connectivity index (χ0v) is 11.4. The highest BCUT2D eigenvalue weighted by atomic mass is 32.2. The summed E-state index contributed by atoms with van der Waals surface area (Å²) in [5.74, 6) is 0. The van der Waals surface area contributed by atoms with Crippen LogP contribution in [0.2, 0.25) is 0 Å². The van der Waals surface area contributed by atoms with Crippen molar-refractivity contribution in [3.05, 3.63) is 29.3 Å². The second kappa shape index (κ2) is 6.14. The van der Waals surface area contributed by atoms with Crippen LogP contribution in [0.25, 0.3) is 10.6 Å². The van der Waals surface area contributed by atoms with Gasteiger partial charge in [-0.3, -0.25) is 0 Å². The van der Waals surface area contributed by atoms with Crippen molar-refractivity contribution < 1.29 is 0 Å². The first kappa shape index (κ1) is 12.5. The van der Waals surface area contributed by atoms with E-state index in [1.54, 1.807) is 23.1 Å². The Hall–Kier alpha value is -0.910. The number of thioether (sulfide) groups is 1. The van der Waals surface area contributed by atoms with E-state index < -0.39 is 0 Å². The van der Waals surface area contributed by atoms with Crippen LogP contribution in [-0.2, 0) is 6.42 Å². The fraction of sp³-hybridized carbons (Fsp3) is 0.333. The van der Waals surface area contributed by atoms with Crippen LogP contribution >= 0.6 is 23.1 Å². The van der Waals surface area contributed by atoms with Gasteiger partial charge in [-0.05, 0) is 25.3 Å². The van der Waals surface area contributed by atoms with Crippen LogP contribution in [0.4, 0.5) is 0 Å². The van der Waals surface area contributed by atoms with Crippen LogP contribution in [0.15, 0.2) is 29.2 Å². The van der Waals surface area contributed by atoms with E-state index in [0.29, 0.717) is 6.54 Å². The molecule has 0 aliphatic carbocycles. The van der Waals surface area contributed by atoms with Crippen molar-refractivity contribution in [3.8, 4) is 10.6 Å². The third-order valence-electron chi connectivity index (χ3n) is 2.40. The summed E-state index contributed by atoms with van der Waals surface area (Å²) in [6, 6.07) is 8.29. The number of hydrogen-bond donors (Lipinski definition) is 1. The van der Waals surface area contributed by atoms with Crippen molar-refractivity contribution in [1.82, 2.24) is 10.2 Å². The molecule has 0 aliphatic rings. The molecule has 0 spiro atoms. The maximum atomic E-state index is 5.49. The van der Waals surface area contributed by atoms with Crippen LogP contribution in [0.3, 0.4) is 0 Å². The maximum absolute atomic E-state index is 5.49. The molecule has 0 aliphatic heterocycles. The summed E-state index contributed by atoms with van der Waals surface area (Å²) in [5, 5.41) is 10.5. The van der Waals surface area contributed by atoms with Gasteiger partial charge >= 0.3 is 0 Å². The Kier molecular flexibility index (Phi) is 4.53. The summed E-state index contributed by atoms with van der Waals surface area (Å²) in [6.45, 7) is 0.705. The van der Waals surface area contributed by atoms with Crippen molar-refractivity contribution in [3.63, 3.8) is 0 Å². The third kappa shape index (κ3) is 3.06. The largest absolute Gasteiger partial charge is 0.330 e. The lowest BCUT2D eigenvalue weighted by molar-refractivity contribution is 0.812. The lowest BCUT2D eigenvalue weighted by Gasteiger charge is -2.01. The van der Waals surface area contributed by atoms with E-state index in [2.05, 4.69) is 28.6 Å². The molecule has 0 atom stereocenters. The molecule has 0 bridgehead atoms. The lowest BCUT2D eigenvalue weighted by Crippen LogP contribution is -1.99. The first-order chi connectivity index (χ1) is 8.35. The fourth-order valence-corrected chi connectivity index (χ4v) is 3.12. The molecule has 5 heteroatoms. The number of aryl methyl sites for hydroxylation is 1. The molecule has 1 aromatic carbocycles. The third-order valence-corrected chi connectivity index (χ3v) is 4.21. The molecule has 1 aromatic heterocycles. The second-order valence-electron chi connectivity index (χ2n) is 3.59. The number of hydrogen-bond acceptors (Lipinski definition) is 5. The standard InChI is InChI=1S/C12H15N3S2/c1-16-10-6-3-2-5-9(10)12-15-14-11(17-12)7-4-8-13/h2-3,5-6H,4,7-8,13H2,1H3. The molecule has 1 heterocycles. The van der Waals surface area contributed by atoms with Gasteiger partial charge in [-0.1, -0.05) is 29.5 Å². The smallest absolute Gasteiger partial charge is 0.148 e. The average molecular weight is 265 g/mol. The number of rotatable bonds is 5. The van der Waals surface area contributed by atoms with Gasteiger partial charge < -0.3 is 5.73 Å². The summed E-state index contributed by atoms with van der Waals surface area (Å²) in [7, 11) is 0. The van der Waals surface area contributed by atoms with Crippen LogP contribution < -0.4 is 5.73 Å². The summed E-state index contributed by atoms with van der Waals surface area (Å²) < 4.78 is 0. The molecule has 0 amide bonds. The van der Waals surface area contributed by atoms with Gasteiger partial charge in [0.2, 0.25) is 0 Å². The maximum Gasteiger partial charge on any atom is 0.148 e. The Labute approximate surface area is 109 Å². The van der Waals surface area contributed by atoms with E-state index >= 15 is 0 Å². The van der Waals surface area contributed by atoms with Crippen molar-refractivity contribution in [2.75, 3.05) is 12.8 Å². The molecule has 2 aromatic rings. The first-order valence-electron chi connectivity index (χ1n) is 5.51. The van der Waals surface area contributed by atoms with Crippen molar-refractivity contribution in [2.24, 2.45) is 5.73 Å². The second-order valence-corrected chi connectivity index (χ2v) is 5.50. The highest BCUT2D eigenvalue weighted by Gasteiger charge is 2.09. The van der Waals surface area contributed by atoms with E-state index in [0.717, 1.165) is 22.9 Å². The summed E-state index contributed by atoms with van der Waals surface area (Å²) in [4.78, 5) is 1.24. The molecule has 90 valence electrons. The van der Waals surface area contributed by atoms with Gasteiger partial charge in [0.15, 0.2) is 0 Å². The zero-order valence-electron chi connectivity index (χ0n) is 9.72. The van der Waals surface area contributed by atoms with Crippen LogP contribution in [0.5, 0.6) is 0 Å². The number of nitrogens with two attached hydrogens (primary N) is 1. The number of nitrogens with zero attached hydrogens (tertiary/aromatic N) is 2. The SMILES string of the molecule is CSc1ccccc1-c1nnc(CCCN)s1. The molecule has 2 rings (SSSR count). The Bertz CT molecular complexity index is 482. The Morgan fingerprint density at radius 2 is 2.12 bits per heavy atom. The van der Waals surface area contributed by atoms with Crippen LogP contribution in [0.1, 0.15) is 11.4 Å². The predicted octanol–water partition coefficient (Wildman–Crippen LogP) is 2.82. The lowest BCUT2D eigenvalue weighted by atomic mass is 10.2. The Balaban J connectivity index is 2.24. The average Bonchev–Trinajstić information content (AvgIpc) is 2.85. The van der Waals surface area contributed by atoms with Gasteiger partial charge in [0.05, 0.1) is 0 Å². The predicted molar refractivity (Wildman–Crippen MR) is 74.5 cm³/mol. The minimum absolute atomic E-state index is 0.705. The Morgan fingerprint density at radius 1 is 1.29 bits per heavy atom. The minimum Gasteiger partial charge on any atom is -0.330 e. The molecule has 0 unspecified atom stereocenters. The van der Waals surface area contributed by atoms with E-state index in [-0.39, 0.29) is 0 Å². The highest BCUT2D eigenvalue weighted by molar-refractivity contribution is 7.98. The normalized spacial score (nSPS) is 10.7. The molecule has 0 saturated heterocycles. The van der Waals surface area contributed by atoms with Gasteiger partial charge in [0, 0.05) is 16.9 Å². The number of aromatic nitrogens is 2. The first-order valence-corrected chi connectivity index (χ1v) is 7.55. The number of benzene rings is 1. The van der Waals surface area contributed by atoms with Crippen molar-refractivity contribution in [1.29, 1.82) is 0 Å². The van der Waals surface area contributed by atoms with E-state index in [1.807, 2.05) is 12.1 Å². The highest BCUT2D eigenvalue weighted by Crippen LogP contribution is 2.31. The zero-order chi connectivity index (χ0) is 12.1. The topological polar surface area (TPSA) is 51.8 Å². The van der Waals surface area contributed by atoms with Gasteiger partial charge in [-0.15, -0.1) is 22.0 Å². The molecule has 3 nitrogen and oxygen atoms in total. The van der Waals surface area contributed by atoms with E-state index in [1.165, 1.54) is 10.5 Å². The summed E-state index contributed by atoms with van der Waals surface area (Å²) in [5.41, 5.74) is 6.67. The molecule has 0 saturated carbocycles. The van der Waals surface area contributed by atoms with Gasteiger partial charge in [-0.25, -0.2) is 0 Å². The summed E-state index contributed by atoms with van der Waals surface area (Å²) >= 11 is 3.40. The molecule has 17 heavy (non-hydrogen) atoms. The van der Waals surface area contributed by atoms with Gasteiger partial charge in [-0.2, -0.15) is 0 Å². The van der Waals surface area contributed by atoms with Gasteiger partial charge in [0.25, 0.3) is 0 Å².